The highest BCUT2D eigenvalue weighted by atomic mass is 16.5. The molecule has 0 radical (unpaired) electrons. The SMILES string of the molecule is [C-]#[N+]c1ccc(-c2nc(OC[C@@H]3CCCN(C)C3)n3ccnc3c2-c2ccc(C)c(C(C)O)c2)cc1. The molecule has 0 spiro atoms. The van der Waals surface area contributed by atoms with Crippen LogP contribution in [0.5, 0.6) is 6.01 Å². The molecule has 184 valence electrons. The molecule has 1 aliphatic rings. The molecule has 1 saturated heterocycles. The molecule has 7 heteroatoms. The molecule has 1 fully saturated rings. The lowest BCUT2D eigenvalue weighted by molar-refractivity contribution is 0.143. The molecule has 3 heterocycles. The van der Waals surface area contributed by atoms with Gasteiger partial charge in [-0.1, -0.05) is 36.4 Å². The number of aliphatic hydroxyl groups excluding tert-OH is 1. The van der Waals surface area contributed by atoms with Crippen molar-refractivity contribution in [3.8, 4) is 28.4 Å². The van der Waals surface area contributed by atoms with Crippen molar-refractivity contribution < 1.29 is 9.84 Å². The molecule has 0 aliphatic carbocycles. The van der Waals surface area contributed by atoms with E-state index in [9.17, 15) is 5.11 Å². The van der Waals surface area contributed by atoms with Crippen LogP contribution in [0.3, 0.4) is 0 Å². The Morgan fingerprint density at radius 3 is 2.69 bits per heavy atom. The number of piperidine rings is 1. The molecule has 2 atom stereocenters. The number of hydrogen-bond donors (Lipinski definition) is 1. The number of nitrogens with zero attached hydrogens (tertiary/aromatic N) is 5. The van der Waals surface area contributed by atoms with E-state index in [4.69, 9.17) is 21.3 Å². The van der Waals surface area contributed by atoms with E-state index in [-0.39, 0.29) is 0 Å². The van der Waals surface area contributed by atoms with E-state index in [1.54, 1.807) is 25.3 Å². The second-order valence-electron chi connectivity index (χ2n) is 9.73. The summed E-state index contributed by atoms with van der Waals surface area (Å²) >= 11 is 0. The molecule has 0 bridgehead atoms. The number of benzene rings is 2. The van der Waals surface area contributed by atoms with Gasteiger partial charge in [0, 0.05) is 24.9 Å². The summed E-state index contributed by atoms with van der Waals surface area (Å²) in [5.41, 5.74) is 6.62. The van der Waals surface area contributed by atoms with Crippen LogP contribution in [0.2, 0.25) is 0 Å². The monoisotopic (exact) mass is 481 g/mol. The molecule has 1 aliphatic heterocycles. The molecule has 0 saturated carbocycles. The Morgan fingerprint density at radius 2 is 1.97 bits per heavy atom. The van der Waals surface area contributed by atoms with Gasteiger partial charge in [0.1, 0.15) is 0 Å². The van der Waals surface area contributed by atoms with Crippen molar-refractivity contribution in [2.45, 2.75) is 32.8 Å². The molecule has 36 heavy (non-hydrogen) atoms. The topological polar surface area (TPSA) is 67.2 Å². The second kappa shape index (κ2) is 10.1. The van der Waals surface area contributed by atoms with Crippen LogP contribution in [0.15, 0.2) is 54.9 Å². The Labute approximate surface area is 211 Å². The zero-order chi connectivity index (χ0) is 25.2. The van der Waals surface area contributed by atoms with Crippen molar-refractivity contribution >= 4 is 11.3 Å². The lowest BCUT2D eigenvalue weighted by Gasteiger charge is -2.29. The highest BCUT2D eigenvalue weighted by molar-refractivity contribution is 5.90. The van der Waals surface area contributed by atoms with E-state index in [1.807, 2.05) is 47.9 Å². The van der Waals surface area contributed by atoms with E-state index in [1.165, 1.54) is 6.42 Å². The number of fused-ring (bicyclic) bond motifs is 1. The maximum atomic E-state index is 10.4. The average Bonchev–Trinajstić information content (AvgIpc) is 3.37. The molecule has 0 amide bonds. The predicted molar refractivity (Wildman–Crippen MR) is 141 cm³/mol. The standard InChI is InChI=1S/C29H31N5O2/c1-19-7-8-23(16-25(19)20(2)35)26-27(22-9-11-24(30-3)12-10-22)32-29(34-15-13-31-28(26)34)36-18-21-6-5-14-33(4)17-21/h7-13,15-16,20-21,35H,5-6,14,17-18H2,1-2,4H3/t20?,21-/m1/s1. The lowest BCUT2D eigenvalue weighted by atomic mass is 9.95. The fraction of sp³-hybridized carbons (Fsp3) is 0.345. The first-order valence-electron chi connectivity index (χ1n) is 12.4. The first-order chi connectivity index (χ1) is 17.4. The third kappa shape index (κ3) is 4.70. The van der Waals surface area contributed by atoms with Crippen LogP contribution in [0, 0.1) is 19.4 Å². The molecule has 7 nitrogen and oxygen atoms in total. The van der Waals surface area contributed by atoms with Gasteiger partial charge in [0.15, 0.2) is 11.3 Å². The van der Waals surface area contributed by atoms with Crippen molar-refractivity contribution in [2.24, 2.45) is 5.92 Å². The Kier molecular flexibility index (Phi) is 6.73. The Bertz CT molecular complexity index is 1420. The van der Waals surface area contributed by atoms with Gasteiger partial charge in [-0.2, -0.15) is 4.98 Å². The third-order valence-electron chi connectivity index (χ3n) is 6.97. The first kappa shape index (κ1) is 24.0. The number of imidazole rings is 1. The van der Waals surface area contributed by atoms with Crippen LogP contribution in [-0.4, -0.2) is 51.1 Å². The molecule has 1 unspecified atom stereocenters. The smallest absolute Gasteiger partial charge is 0.302 e. The fourth-order valence-corrected chi connectivity index (χ4v) is 5.07. The number of rotatable bonds is 6. The van der Waals surface area contributed by atoms with Crippen molar-refractivity contribution in [1.29, 1.82) is 0 Å². The summed E-state index contributed by atoms with van der Waals surface area (Å²) in [6.45, 7) is 13.8. The van der Waals surface area contributed by atoms with Gasteiger partial charge in [0.05, 0.1) is 30.5 Å². The highest BCUT2D eigenvalue weighted by Crippen LogP contribution is 2.38. The van der Waals surface area contributed by atoms with E-state index in [2.05, 4.69) is 16.8 Å². The van der Waals surface area contributed by atoms with Crippen LogP contribution in [0.1, 0.15) is 37.0 Å². The predicted octanol–water partition coefficient (Wildman–Crippen LogP) is 5.70. The summed E-state index contributed by atoms with van der Waals surface area (Å²) < 4.78 is 8.24. The van der Waals surface area contributed by atoms with Crippen LogP contribution in [-0.2, 0) is 0 Å². The summed E-state index contributed by atoms with van der Waals surface area (Å²) in [7, 11) is 2.15. The Hall–Kier alpha value is -3.73. The van der Waals surface area contributed by atoms with Gasteiger partial charge in [-0.3, -0.25) is 4.40 Å². The molecular weight excluding hydrogens is 450 g/mol. The number of hydrogen-bond acceptors (Lipinski definition) is 5. The second-order valence-corrected chi connectivity index (χ2v) is 9.73. The molecule has 2 aromatic carbocycles. The minimum atomic E-state index is -0.591. The fourth-order valence-electron chi connectivity index (χ4n) is 5.07. The third-order valence-corrected chi connectivity index (χ3v) is 6.97. The van der Waals surface area contributed by atoms with Crippen LogP contribution in [0.4, 0.5) is 5.69 Å². The quantitative estimate of drug-likeness (QED) is 0.358. The molecular formula is C29H31N5O2. The van der Waals surface area contributed by atoms with Crippen LogP contribution < -0.4 is 4.74 Å². The number of likely N-dealkylation sites (tertiary alicyclic amines) is 1. The van der Waals surface area contributed by atoms with Crippen molar-refractivity contribution in [3.63, 3.8) is 0 Å². The number of aliphatic hydroxyl groups is 1. The average molecular weight is 482 g/mol. The highest BCUT2D eigenvalue weighted by Gasteiger charge is 2.22. The maximum absolute atomic E-state index is 10.4. The molecule has 5 rings (SSSR count). The number of aryl methyl sites for hydroxylation is 1. The van der Waals surface area contributed by atoms with E-state index in [0.29, 0.717) is 24.2 Å². The van der Waals surface area contributed by atoms with Gasteiger partial charge in [-0.15, -0.1) is 0 Å². The summed E-state index contributed by atoms with van der Waals surface area (Å²) in [5.74, 6) is 0.455. The summed E-state index contributed by atoms with van der Waals surface area (Å²) in [4.78, 5) is 15.6. The van der Waals surface area contributed by atoms with Gasteiger partial charge >= 0.3 is 6.01 Å². The van der Waals surface area contributed by atoms with Gasteiger partial charge in [0.25, 0.3) is 0 Å². The molecule has 4 aromatic rings. The lowest BCUT2D eigenvalue weighted by Crippen LogP contribution is -2.35. The van der Waals surface area contributed by atoms with E-state index < -0.39 is 6.10 Å². The molecule has 1 N–H and O–H groups in total. The van der Waals surface area contributed by atoms with Gasteiger partial charge in [-0.25, -0.2) is 9.83 Å². The summed E-state index contributed by atoms with van der Waals surface area (Å²) in [6.07, 6.45) is 5.37. The van der Waals surface area contributed by atoms with Gasteiger partial charge < -0.3 is 14.7 Å². The zero-order valence-corrected chi connectivity index (χ0v) is 21.0. The minimum Gasteiger partial charge on any atom is -0.464 e. The van der Waals surface area contributed by atoms with Crippen LogP contribution in [0.25, 0.3) is 32.9 Å². The Morgan fingerprint density at radius 1 is 1.19 bits per heavy atom. The summed E-state index contributed by atoms with van der Waals surface area (Å²) in [6, 6.07) is 14.0. The number of ether oxygens (including phenoxy) is 1. The van der Waals surface area contributed by atoms with Crippen molar-refractivity contribution in [2.75, 3.05) is 26.7 Å². The zero-order valence-electron chi connectivity index (χ0n) is 21.0. The Balaban J connectivity index is 1.65. The van der Waals surface area contributed by atoms with Gasteiger partial charge in [0.2, 0.25) is 0 Å². The van der Waals surface area contributed by atoms with Gasteiger partial charge in [-0.05, 0) is 68.6 Å². The van der Waals surface area contributed by atoms with Crippen molar-refractivity contribution in [3.05, 3.63) is 77.4 Å². The normalized spacial score (nSPS) is 17.1. The van der Waals surface area contributed by atoms with E-state index in [0.717, 1.165) is 58.7 Å². The first-order valence-corrected chi connectivity index (χ1v) is 12.4. The minimum absolute atomic E-state index is 0.455. The number of aromatic nitrogens is 3. The van der Waals surface area contributed by atoms with Crippen molar-refractivity contribution in [1.82, 2.24) is 19.3 Å². The maximum Gasteiger partial charge on any atom is 0.302 e. The largest absolute Gasteiger partial charge is 0.464 e. The van der Waals surface area contributed by atoms with E-state index >= 15 is 0 Å². The summed E-state index contributed by atoms with van der Waals surface area (Å²) in [5, 5.41) is 10.4. The van der Waals surface area contributed by atoms with Crippen LogP contribution >= 0.6 is 0 Å². The molecule has 2 aromatic heterocycles.